The second-order valence-corrected chi connectivity index (χ2v) is 6.10. The number of amides is 1. The Morgan fingerprint density at radius 2 is 1.83 bits per heavy atom. The summed E-state index contributed by atoms with van der Waals surface area (Å²) in [6.45, 7) is 2.00. The maximum atomic E-state index is 12.7. The summed E-state index contributed by atoms with van der Waals surface area (Å²) in [4.78, 5) is 14.8. The van der Waals surface area contributed by atoms with Crippen molar-refractivity contribution in [3.63, 3.8) is 0 Å². The number of halogens is 1. The standard InChI is InChI=1S/C15H18ClNO/c1-10-4-2-3-5-14(10)15(18)17-12-6-7-13(17)9-11(16)8-12/h2-5,11-13H,6-9H2,1H3. The van der Waals surface area contributed by atoms with Gasteiger partial charge in [-0.05, 0) is 44.2 Å². The summed E-state index contributed by atoms with van der Waals surface area (Å²) in [6.07, 6.45) is 4.14. The highest BCUT2D eigenvalue weighted by Gasteiger charge is 2.42. The Labute approximate surface area is 113 Å². The third-order valence-electron chi connectivity index (χ3n) is 4.29. The number of carbonyl (C=O) groups is 1. The highest BCUT2D eigenvalue weighted by Crippen LogP contribution is 2.38. The minimum absolute atomic E-state index is 0.198. The number of hydrogen-bond acceptors (Lipinski definition) is 1. The van der Waals surface area contributed by atoms with Crippen LogP contribution in [-0.2, 0) is 0 Å². The molecule has 0 N–H and O–H groups in total. The van der Waals surface area contributed by atoms with Gasteiger partial charge in [0.1, 0.15) is 0 Å². The van der Waals surface area contributed by atoms with Gasteiger partial charge in [0.2, 0.25) is 0 Å². The number of hydrogen-bond donors (Lipinski definition) is 0. The molecular weight excluding hydrogens is 246 g/mol. The van der Waals surface area contributed by atoms with Crippen molar-refractivity contribution in [1.82, 2.24) is 4.90 Å². The van der Waals surface area contributed by atoms with Crippen LogP contribution in [0, 0.1) is 6.92 Å². The van der Waals surface area contributed by atoms with Gasteiger partial charge in [-0.2, -0.15) is 0 Å². The van der Waals surface area contributed by atoms with E-state index >= 15 is 0 Å². The van der Waals surface area contributed by atoms with Crippen LogP contribution in [0.1, 0.15) is 41.6 Å². The fraction of sp³-hybridized carbons (Fsp3) is 0.533. The molecule has 2 unspecified atom stereocenters. The Morgan fingerprint density at radius 1 is 1.22 bits per heavy atom. The van der Waals surface area contributed by atoms with Crippen molar-refractivity contribution in [2.45, 2.75) is 50.1 Å². The molecule has 0 radical (unpaired) electrons. The van der Waals surface area contributed by atoms with E-state index in [1.807, 2.05) is 31.2 Å². The van der Waals surface area contributed by atoms with Crippen molar-refractivity contribution in [3.05, 3.63) is 35.4 Å². The first-order valence-electron chi connectivity index (χ1n) is 6.69. The molecular formula is C15H18ClNO. The summed E-state index contributed by atoms with van der Waals surface area (Å²) < 4.78 is 0. The molecule has 2 nitrogen and oxygen atoms in total. The van der Waals surface area contributed by atoms with Crippen LogP contribution in [0.15, 0.2) is 24.3 Å². The monoisotopic (exact) mass is 263 g/mol. The van der Waals surface area contributed by atoms with Gasteiger partial charge in [-0.3, -0.25) is 4.79 Å². The maximum absolute atomic E-state index is 12.7. The molecule has 1 aromatic carbocycles. The van der Waals surface area contributed by atoms with E-state index in [4.69, 9.17) is 11.6 Å². The molecule has 96 valence electrons. The summed E-state index contributed by atoms with van der Waals surface area (Å²) in [5, 5.41) is 0.253. The van der Waals surface area contributed by atoms with Gasteiger partial charge < -0.3 is 4.90 Å². The van der Waals surface area contributed by atoms with Crippen molar-refractivity contribution in [2.24, 2.45) is 0 Å². The van der Waals surface area contributed by atoms with E-state index in [2.05, 4.69) is 4.90 Å². The number of nitrogens with zero attached hydrogens (tertiary/aromatic N) is 1. The highest BCUT2D eigenvalue weighted by molar-refractivity contribution is 6.20. The van der Waals surface area contributed by atoms with Crippen molar-refractivity contribution in [1.29, 1.82) is 0 Å². The SMILES string of the molecule is Cc1ccccc1C(=O)N1C2CCC1CC(Cl)C2. The van der Waals surface area contributed by atoms with Crippen molar-refractivity contribution >= 4 is 17.5 Å². The van der Waals surface area contributed by atoms with Gasteiger partial charge in [0.25, 0.3) is 5.91 Å². The van der Waals surface area contributed by atoms with E-state index in [1.165, 1.54) is 0 Å². The van der Waals surface area contributed by atoms with E-state index in [1.54, 1.807) is 0 Å². The lowest BCUT2D eigenvalue weighted by Gasteiger charge is -2.37. The van der Waals surface area contributed by atoms with Gasteiger partial charge in [0.15, 0.2) is 0 Å². The van der Waals surface area contributed by atoms with E-state index in [9.17, 15) is 4.79 Å². The fourth-order valence-electron chi connectivity index (χ4n) is 3.39. The zero-order valence-electron chi connectivity index (χ0n) is 10.6. The quantitative estimate of drug-likeness (QED) is 0.712. The van der Waals surface area contributed by atoms with Crippen LogP contribution in [-0.4, -0.2) is 28.3 Å². The molecule has 0 saturated carbocycles. The van der Waals surface area contributed by atoms with Gasteiger partial charge in [-0.25, -0.2) is 0 Å². The van der Waals surface area contributed by atoms with Gasteiger partial charge >= 0.3 is 0 Å². The average Bonchev–Trinajstić information content (AvgIpc) is 2.61. The Bertz CT molecular complexity index is 459. The Balaban J connectivity index is 1.88. The van der Waals surface area contributed by atoms with Gasteiger partial charge in [0, 0.05) is 23.0 Å². The largest absolute Gasteiger partial charge is 0.333 e. The van der Waals surface area contributed by atoms with Gasteiger partial charge in [-0.15, -0.1) is 11.6 Å². The molecule has 3 rings (SSSR count). The number of carbonyl (C=O) groups excluding carboxylic acids is 1. The maximum Gasteiger partial charge on any atom is 0.254 e. The smallest absolute Gasteiger partial charge is 0.254 e. The molecule has 0 spiro atoms. The molecule has 2 bridgehead atoms. The first-order valence-corrected chi connectivity index (χ1v) is 7.13. The number of benzene rings is 1. The predicted octanol–water partition coefficient (Wildman–Crippen LogP) is 3.37. The fourth-order valence-corrected chi connectivity index (χ4v) is 3.81. The number of piperidine rings is 1. The second kappa shape index (κ2) is 4.58. The lowest BCUT2D eigenvalue weighted by molar-refractivity contribution is 0.0599. The Hall–Kier alpha value is -1.02. The summed E-state index contributed by atoms with van der Waals surface area (Å²) in [7, 11) is 0. The first-order chi connectivity index (χ1) is 8.66. The van der Waals surface area contributed by atoms with Crippen LogP contribution in [0.25, 0.3) is 0 Å². The average molecular weight is 264 g/mol. The summed E-state index contributed by atoms with van der Waals surface area (Å²) in [5.41, 5.74) is 1.91. The minimum atomic E-state index is 0.198. The lowest BCUT2D eigenvalue weighted by Crippen LogP contribution is -2.47. The molecule has 0 aliphatic carbocycles. The van der Waals surface area contributed by atoms with Crippen LogP contribution in [0.2, 0.25) is 0 Å². The van der Waals surface area contributed by atoms with Gasteiger partial charge in [0.05, 0.1) is 0 Å². The van der Waals surface area contributed by atoms with Gasteiger partial charge in [-0.1, -0.05) is 18.2 Å². The second-order valence-electron chi connectivity index (χ2n) is 5.48. The van der Waals surface area contributed by atoms with E-state index < -0.39 is 0 Å². The number of rotatable bonds is 1. The van der Waals surface area contributed by atoms with Crippen molar-refractivity contribution in [2.75, 3.05) is 0 Å². The molecule has 2 aliphatic heterocycles. The third kappa shape index (κ3) is 1.93. The molecule has 2 aliphatic rings. The molecule has 2 heterocycles. The van der Waals surface area contributed by atoms with Crippen molar-refractivity contribution in [3.8, 4) is 0 Å². The van der Waals surface area contributed by atoms with Crippen molar-refractivity contribution < 1.29 is 4.79 Å². The molecule has 2 fully saturated rings. The van der Waals surface area contributed by atoms with Crippen LogP contribution in [0.4, 0.5) is 0 Å². The minimum Gasteiger partial charge on any atom is -0.333 e. The van der Waals surface area contributed by atoms with Crippen LogP contribution < -0.4 is 0 Å². The van der Waals surface area contributed by atoms with E-state index in [-0.39, 0.29) is 11.3 Å². The molecule has 18 heavy (non-hydrogen) atoms. The van der Waals surface area contributed by atoms with E-state index in [0.717, 1.165) is 36.8 Å². The topological polar surface area (TPSA) is 20.3 Å². The highest BCUT2D eigenvalue weighted by atomic mass is 35.5. The van der Waals surface area contributed by atoms with Crippen LogP contribution >= 0.6 is 11.6 Å². The zero-order valence-corrected chi connectivity index (χ0v) is 11.4. The number of alkyl halides is 1. The predicted molar refractivity (Wildman–Crippen MR) is 73.0 cm³/mol. The molecule has 2 saturated heterocycles. The van der Waals surface area contributed by atoms with E-state index in [0.29, 0.717) is 12.1 Å². The number of fused-ring (bicyclic) bond motifs is 2. The Morgan fingerprint density at radius 3 is 2.44 bits per heavy atom. The number of aryl methyl sites for hydroxylation is 1. The third-order valence-corrected chi connectivity index (χ3v) is 4.64. The van der Waals surface area contributed by atoms with Crippen LogP contribution in [0.5, 0.6) is 0 Å². The Kier molecular flexibility index (Phi) is 3.06. The lowest BCUT2D eigenvalue weighted by atomic mass is 9.99. The zero-order chi connectivity index (χ0) is 12.7. The molecule has 3 heteroatoms. The molecule has 0 aromatic heterocycles. The normalized spacial score (nSPS) is 30.6. The molecule has 2 atom stereocenters. The summed E-state index contributed by atoms with van der Waals surface area (Å²) in [5.74, 6) is 0.198. The summed E-state index contributed by atoms with van der Waals surface area (Å²) in [6, 6.07) is 8.58. The summed E-state index contributed by atoms with van der Waals surface area (Å²) >= 11 is 6.26. The first kappa shape index (κ1) is 12.0. The molecule has 1 aromatic rings. The molecule has 1 amide bonds. The van der Waals surface area contributed by atoms with Crippen LogP contribution in [0.3, 0.4) is 0 Å².